The molecule has 0 aliphatic rings. The third-order valence-corrected chi connectivity index (χ3v) is 4.39. The number of nitrogens with one attached hydrogen (secondary N) is 2. The highest BCUT2D eigenvalue weighted by atomic mass is 32.1. The van der Waals surface area contributed by atoms with Crippen molar-refractivity contribution in [3.63, 3.8) is 0 Å². The van der Waals surface area contributed by atoms with Crippen molar-refractivity contribution in [3.8, 4) is 5.75 Å². The van der Waals surface area contributed by atoms with Gasteiger partial charge in [0, 0.05) is 5.56 Å². The van der Waals surface area contributed by atoms with Gasteiger partial charge in [0.25, 0.3) is 5.91 Å². The van der Waals surface area contributed by atoms with E-state index in [0.29, 0.717) is 33.6 Å². The fraction of sp³-hybridized carbons (Fsp3) is 0.294. The SMILES string of the molecule is CCOC(=O)c1sc(NC(=S)NC(=O)c2ccc(OCC)cc2)nc1C. The lowest BCUT2D eigenvalue weighted by atomic mass is 10.2. The second kappa shape index (κ2) is 9.25. The van der Waals surface area contributed by atoms with Gasteiger partial charge in [0.1, 0.15) is 10.6 Å². The number of aromatic nitrogens is 1. The fourth-order valence-electron chi connectivity index (χ4n) is 2.01. The Bertz CT molecular complexity index is 803. The van der Waals surface area contributed by atoms with E-state index in [1.165, 1.54) is 0 Å². The molecule has 1 aromatic heterocycles. The number of aryl methyl sites for hydroxylation is 1. The van der Waals surface area contributed by atoms with Crippen molar-refractivity contribution in [1.82, 2.24) is 10.3 Å². The van der Waals surface area contributed by atoms with E-state index in [0.717, 1.165) is 11.3 Å². The molecule has 1 amide bonds. The molecule has 26 heavy (non-hydrogen) atoms. The Hall–Kier alpha value is -2.52. The first-order chi connectivity index (χ1) is 12.4. The first kappa shape index (κ1) is 19.8. The summed E-state index contributed by atoms with van der Waals surface area (Å²) in [5.74, 6) is -0.0983. The van der Waals surface area contributed by atoms with Gasteiger partial charge in [-0.1, -0.05) is 11.3 Å². The van der Waals surface area contributed by atoms with E-state index in [1.807, 2.05) is 6.92 Å². The van der Waals surface area contributed by atoms with E-state index in [1.54, 1.807) is 38.1 Å². The summed E-state index contributed by atoms with van der Waals surface area (Å²) in [6.45, 7) is 6.17. The summed E-state index contributed by atoms with van der Waals surface area (Å²) in [6.07, 6.45) is 0. The third-order valence-electron chi connectivity index (χ3n) is 3.13. The van der Waals surface area contributed by atoms with Gasteiger partial charge in [-0.3, -0.25) is 10.1 Å². The maximum absolute atomic E-state index is 12.2. The number of carbonyl (C=O) groups excluding carboxylic acids is 2. The lowest BCUT2D eigenvalue weighted by Gasteiger charge is -2.08. The van der Waals surface area contributed by atoms with Crippen LogP contribution < -0.4 is 15.4 Å². The molecular weight excluding hydrogens is 374 g/mol. The highest BCUT2D eigenvalue weighted by Crippen LogP contribution is 2.23. The maximum atomic E-state index is 12.2. The van der Waals surface area contributed by atoms with E-state index in [2.05, 4.69) is 15.6 Å². The average molecular weight is 393 g/mol. The fourth-order valence-corrected chi connectivity index (χ4v) is 3.13. The molecule has 0 fully saturated rings. The number of esters is 1. The van der Waals surface area contributed by atoms with Crippen LogP contribution in [0.1, 0.15) is 39.6 Å². The Morgan fingerprint density at radius 3 is 2.50 bits per heavy atom. The molecule has 1 aromatic carbocycles. The average Bonchev–Trinajstić information content (AvgIpc) is 2.96. The molecule has 9 heteroatoms. The van der Waals surface area contributed by atoms with Gasteiger partial charge in [-0.15, -0.1) is 0 Å². The molecule has 138 valence electrons. The number of amides is 1. The van der Waals surface area contributed by atoms with Gasteiger partial charge in [-0.05, 0) is 57.3 Å². The Morgan fingerprint density at radius 1 is 1.19 bits per heavy atom. The molecule has 0 aliphatic carbocycles. The van der Waals surface area contributed by atoms with Crippen molar-refractivity contribution in [2.45, 2.75) is 20.8 Å². The minimum absolute atomic E-state index is 0.0908. The molecule has 1 heterocycles. The number of rotatable bonds is 6. The van der Waals surface area contributed by atoms with Crippen molar-refractivity contribution in [1.29, 1.82) is 0 Å². The Balaban J connectivity index is 1.96. The van der Waals surface area contributed by atoms with E-state index >= 15 is 0 Å². The number of hydrogen-bond acceptors (Lipinski definition) is 7. The molecular formula is C17H19N3O4S2. The smallest absolute Gasteiger partial charge is 0.350 e. The second-order valence-electron chi connectivity index (χ2n) is 5.02. The predicted molar refractivity (Wildman–Crippen MR) is 104 cm³/mol. The van der Waals surface area contributed by atoms with Crippen LogP contribution in [0.3, 0.4) is 0 Å². The normalized spacial score (nSPS) is 10.1. The molecule has 0 saturated heterocycles. The molecule has 2 aromatic rings. The van der Waals surface area contributed by atoms with Crippen molar-refractivity contribution in [2.75, 3.05) is 18.5 Å². The van der Waals surface area contributed by atoms with Crippen LogP contribution in [0.5, 0.6) is 5.75 Å². The van der Waals surface area contributed by atoms with Crippen LogP contribution >= 0.6 is 23.6 Å². The Morgan fingerprint density at radius 2 is 1.88 bits per heavy atom. The highest BCUT2D eigenvalue weighted by Gasteiger charge is 2.17. The maximum Gasteiger partial charge on any atom is 0.350 e. The lowest BCUT2D eigenvalue weighted by molar-refractivity contribution is 0.0531. The van der Waals surface area contributed by atoms with Crippen LogP contribution in [0.4, 0.5) is 5.13 Å². The number of thiazole rings is 1. The molecule has 2 rings (SSSR count). The molecule has 7 nitrogen and oxygen atoms in total. The number of carbonyl (C=O) groups is 2. The minimum atomic E-state index is -0.431. The van der Waals surface area contributed by atoms with E-state index in [-0.39, 0.29) is 17.6 Å². The van der Waals surface area contributed by atoms with Crippen molar-refractivity contribution in [3.05, 3.63) is 40.4 Å². The van der Waals surface area contributed by atoms with E-state index < -0.39 is 5.97 Å². The molecule has 0 saturated carbocycles. The predicted octanol–water partition coefficient (Wildman–Crippen LogP) is 3.15. The van der Waals surface area contributed by atoms with Crippen LogP contribution in [0.2, 0.25) is 0 Å². The topological polar surface area (TPSA) is 89.6 Å². The zero-order valence-electron chi connectivity index (χ0n) is 14.6. The molecule has 0 unspecified atom stereocenters. The summed E-state index contributed by atoms with van der Waals surface area (Å²) in [6, 6.07) is 6.72. The zero-order valence-corrected chi connectivity index (χ0v) is 16.3. The van der Waals surface area contributed by atoms with Crippen LogP contribution in [0.15, 0.2) is 24.3 Å². The molecule has 2 N–H and O–H groups in total. The first-order valence-electron chi connectivity index (χ1n) is 7.94. The molecule has 0 atom stereocenters. The van der Waals surface area contributed by atoms with E-state index in [4.69, 9.17) is 21.7 Å². The van der Waals surface area contributed by atoms with E-state index in [9.17, 15) is 9.59 Å². The number of benzene rings is 1. The van der Waals surface area contributed by atoms with Gasteiger partial charge in [-0.2, -0.15) is 0 Å². The van der Waals surface area contributed by atoms with Crippen LogP contribution in [-0.2, 0) is 4.74 Å². The van der Waals surface area contributed by atoms with Gasteiger partial charge in [0.05, 0.1) is 18.9 Å². The number of nitrogens with zero attached hydrogens (tertiary/aromatic N) is 1. The standard InChI is InChI=1S/C17H19N3O4S2/c1-4-23-12-8-6-11(7-9-12)14(21)19-16(25)20-17-18-10(3)13(26-17)15(22)24-5-2/h6-9H,4-5H2,1-3H3,(H2,18,19,20,21,25). The summed E-state index contributed by atoms with van der Waals surface area (Å²) in [7, 11) is 0. The first-order valence-corrected chi connectivity index (χ1v) is 9.16. The number of hydrogen-bond donors (Lipinski definition) is 2. The minimum Gasteiger partial charge on any atom is -0.494 e. The third kappa shape index (κ3) is 5.24. The van der Waals surface area contributed by atoms with Gasteiger partial charge in [0.2, 0.25) is 0 Å². The van der Waals surface area contributed by atoms with Crippen LogP contribution in [0, 0.1) is 6.92 Å². The van der Waals surface area contributed by atoms with Gasteiger partial charge in [0.15, 0.2) is 10.2 Å². The van der Waals surface area contributed by atoms with Crippen molar-refractivity contribution >= 4 is 45.7 Å². The zero-order chi connectivity index (χ0) is 19.1. The molecule has 0 bridgehead atoms. The quantitative estimate of drug-likeness (QED) is 0.575. The number of ether oxygens (including phenoxy) is 2. The number of thiocarbonyl (C=S) groups is 1. The largest absolute Gasteiger partial charge is 0.494 e. The van der Waals surface area contributed by atoms with Crippen LogP contribution in [0.25, 0.3) is 0 Å². The molecule has 0 radical (unpaired) electrons. The van der Waals surface area contributed by atoms with Crippen molar-refractivity contribution in [2.24, 2.45) is 0 Å². The second-order valence-corrected chi connectivity index (χ2v) is 6.43. The highest BCUT2D eigenvalue weighted by molar-refractivity contribution is 7.80. The monoisotopic (exact) mass is 393 g/mol. The van der Waals surface area contributed by atoms with Gasteiger partial charge < -0.3 is 14.8 Å². The van der Waals surface area contributed by atoms with Crippen LogP contribution in [-0.4, -0.2) is 35.2 Å². The summed E-state index contributed by atoms with van der Waals surface area (Å²) in [5.41, 5.74) is 0.983. The Labute approximate surface area is 160 Å². The van der Waals surface area contributed by atoms with Gasteiger partial charge in [-0.25, -0.2) is 9.78 Å². The van der Waals surface area contributed by atoms with Crippen molar-refractivity contribution < 1.29 is 19.1 Å². The molecule has 0 spiro atoms. The summed E-state index contributed by atoms with van der Waals surface area (Å²) in [4.78, 5) is 28.6. The summed E-state index contributed by atoms with van der Waals surface area (Å²) in [5, 5.41) is 5.87. The number of anilines is 1. The summed E-state index contributed by atoms with van der Waals surface area (Å²) >= 11 is 6.25. The molecule has 0 aliphatic heterocycles. The lowest BCUT2D eigenvalue weighted by Crippen LogP contribution is -2.34. The summed E-state index contributed by atoms with van der Waals surface area (Å²) < 4.78 is 10.3. The Kier molecular flexibility index (Phi) is 7.05. The van der Waals surface area contributed by atoms with Gasteiger partial charge >= 0.3 is 5.97 Å².